The first kappa shape index (κ1) is 13.8. The summed E-state index contributed by atoms with van der Waals surface area (Å²) in [6.07, 6.45) is 1.03. The van der Waals surface area contributed by atoms with Crippen molar-refractivity contribution < 1.29 is 0 Å². The Morgan fingerprint density at radius 3 is 2.16 bits per heavy atom. The van der Waals surface area contributed by atoms with Crippen LogP contribution in [0.1, 0.15) is 33.9 Å². The van der Waals surface area contributed by atoms with Gasteiger partial charge in [0.15, 0.2) is 0 Å². The van der Waals surface area contributed by atoms with E-state index in [0.29, 0.717) is 6.04 Å². The maximum atomic E-state index is 3.45. The van der Waals surface area contributed by atoms with E-state index in [1.165, 1.54) is 27.8 Å². The first-order valence-electron chi connectivity index (χ1n) is 6.90. The largest absolute Gasteiger partial charge is 0.313 e. The second kappa shape index (κ2) is 6.03. The van der Waals surface area contributed by atoms with Crippen LogP contribution in [0.15, 0.2) is 42.5 Å². The van der Waals surface area contributed by atoms with Crippen molar-refractivity contribution in [2.75, 3.05) is 7.05 Å². The van der Waals surface area contributed by atoms with Crippen molar-refractivity contribution >= 4 is 0 Å². The highest BCUT2D eigenvalue weighted by atomic mass is 14.9. The topological polar surface area (TPSA) is 12.0 Å². The molecule has 2 rings (SSSR count). The van der Waals surface area contributed by atoms with Gasteiger partial charge in [0.2, 0.25) is 0 Å². The summed E-state index contributed by atoms with van der Waals surface area (Å²) in [5.74, 6) is 0. The predicted octanol–water partition coefficient (Wildman–Crippen LogP) is 4.12. The minimum Gasteiger partial charge on any atom is -0.313 e. The molecule has 0 aliphatic carbocycles. The normalized spacial score (nSPS) is 12.4. The van der Waals surface area contributed by atoms with Crippen molar-refractivity contribution in [1.29, 1.82) is 0 Å². The van der Waals surface area contributed by atoms with E-state index in [-0.39, 0.29) is 0 Å². The Labute approximate surface area is 116 Å². The lowest BCUT2D eigenvalue weighted by atomic mass is 9.94. The monoisotopic (exact) mass is 253 g/mol. The van der Waals surface area contributed by atoms with Gasteiger partial charge in [0.05, 0.1) is 0 Å². The smallest absolute Gasteiger partial charge is 0.0361 e. The fourth-order valence-corrected chi connectivity index (χ4v) is 2.77. The van der Waals surface area contributed by atoms with Gasteiger partial charge in [0.25, 0.3) is 0 Å². The molecule has 0 aliphatic rings. The lowest BCUT2D eigenvalue weighted by Crippen LogP contribution is -2.19. The zero-order valence-electron chi connectivity index (χ0n) is 12.3. The molecule has 2 aromatic carbocycles. The molecule has 100 valence electrons. The molecule has 0 bridgehead atoms. The van der Waals surface area contributed by atoms with Crippen molar-refractivity contribution in [3.8, 4) is 0 Å². The summed E-state index contributed by atoms with van der Waals surface area (Å²) in [7, 11) is 2.04. The summed E-state index contributed by atoms with van der Waals surface area (Å²) >= 11 is 0. The fraction of sp³-hybridized carbons (Fsp3) is 0.333. The molecule has 1 N–H and O–H groups in total. The van der Waals surface area contributed by atoms with E-state index in [1.807, 2.05) is 7.05 Å². The zero-order chi connectivity index (χ0) is 13.8. The molecule has 0 saturated heterocycles. The second-order valence-electron chi connectivity index (χ2n) is 5.40. The van der Waals surface area contributed by atoms with Gasteiger partial charge in [-0.2, -0.15) is 0 Å². The van der Waals surface area contributed by atoms with Crippen LogP contribution < -0.4 is 5.32 Å². The van der Waals surface area contributed by atoms with Crippen LogP contribution in [0.2, 0.25) is 0 Å². The molecular weight excluding hydrogens is 230 g/mol. The Morgan fingerprint density at radius 1 is 0.947 bits per heavy atom. The highest BCUT2D eigenvalue weighted by Crippen LogP contribution is 2.22. The quantitative estimate of drug-likeness (QED) is 0.864. The maximum absolute atomic E-state index is 3.45. The summed E-state index contributed by atoms with van der Waals surface area (Å²) in [5, 5.41) is 3.45. The van der Waals surface area contributed by atoms with E-state index in [0.717, 1.165) is 6.42 Å². The Bertz CT molecular complexity index is 537. The molecule has 0 fully saturated rings. The van der Waals surface area contributed by atoms with Crippen LogP contribution in [0, 0.1) is 20.8 Å². The summed E-state index contributed by atoms with van der Waals surface area (Å²) < 4.78 is 0. The third-order valence-corrected chi connectivity index (χ3v) is 3.63. The summed E-state index contributed by atoms with van der Waals surface area (Å²) in [5.41, 5.74) is 6.83. The highest BCUT2D eigenvalue weighted by Gasteiger charge is 2.12. The van der Waals surface area contributed by atoms with Crippen LogP contribution in [0.5, 0.6) is 0 Å². The molecule has 1 heteroatoms. The van der Waals surface area contributed by atoms with Gasteiger partial charge in [-0.15, -0.1) is 0 Å². The number of hydrogen-bond donors (Lipinski definition) is 1. The molecular formula is C18H23N. The van der Waals surface area contributed by atoms with E-state index in [1.54, 1.807) is 0 Å². The van der Waals surface area contributed by atoms with E-state index < -0.39 is 0 Å². The van der Waals surface area contributed by atoms with Gasteiger partial charge in [0.1, 0.15) is 0 Å². The third kappa shape index (κ3) is 3.45. The number of hydrogen-bond acceptors (Lipinski definition) is 1. The van der Waals surface area contributed by atoms with E-state index in [2.05, 4.69) is 68.6 Å². The van der Waals surface area contributed by atoms with Crippen LogP contribution in [-0.2, 0) is 6.42 Å². The molecule has 0 amide bonds. The van der Waals surface area contributed by atoms with Crippen LogP contribution in [-0.4, -0.2) is 7.05 Å². The van der Waals surface area contributed by atoms with Crippen molar-refractivity contribution in [2.24, 2.45) is 0 Å². The molecule has 1 nitrogen and oxygen atoms in total. The van der Waals surface area contributed by atoms with Gasteiger partial charge in [0, 0.05) is 6.04 Å². The van der Waals surface area contributed by atoms with Gasteiger partial charge in [-0.05, 0) is 50.9 Å². The van der Waals surface area contributed by atoms with Crippen LogP contribution in [0.3, 0.4) is 0 Å². The van der Waals surface area contributed by atoms with E-state index in [4.69, 9.17) is 0 Å². The first-order chi connectivity index (χ1) is 9.10. The van der Waals surface area contributed by atoms with Gasteiger partial charge in [-0.25, -0.2) is 0 Å². The molecule has 0 aliphatic heterocycles. The molecule has 0 saturated carbocycles. The number of rotatable bonds is 4. The van der Waals surface area contributed by atoms with Crippen molar-refractivity contribution in [1.82, 2.24) is 5.32 Å². The van der Waals surface area contributed by atoms with E-state index >= 15 is 0 Å². The summed E-state index contributed by atoms with van der Waals surface area (Å²) in [4.78, 5) is 0. The van der Waals surface area contributed by atoms with Gasteiger partial charge < -0.3 is 5.32 Å². The van der Waals surface area contributed by atoms with Crippen molar-refractivity contribution in [3.05, 3.63) is 70.3 Å². The third-order valence-electron chi connectivity index (χ3n) is 3.63. The molecule has 0 spiro atoms. The molecule has 0 heterocycles. The minimum atomic E-state index is 0.377. The Kier molecular flexibility index (Phi) is 4.39. The average molecular weight is 253 g/mol. The van der Waals surface area contributed by atoms with E-state index in [9.17, 15) is 0 Å². The molecule has 0 radical (unpaired) electrons. The molecule has 0 aromatic heterocycles. The van der Waals surface area contributed by atoms with Crippen molar-refractivity contribution in [2.45, 2.75) is 33.2 Å². The molecule has 1 unspecified atom stereocenters. The Morgan fingerprint density at radius 2 is 1.58 bits per heavy atom. The SMILES string of the molecule is CNC(Cc1cc(C)cc(C)c1)c1ccccc1C. The Balaban J connectivity index is 2.26. The number of likely N-dealkylation sites (N-methyl/N-ethyl adjacent to an activating group) is 1. The highest BCUT2D eigenvalue weighted by molar-refractivity contribution is 5.33. The van der Waals surface area contributed by atoms with Crippen LogP contribution >= 0.6 is 0 Å². The van der Waals surface area contributed by atoms with Gasteiger partial charge in [-0.1, -0.05) is 53.6 Å². The standard InChI is InChI=1S/C18H23N/c1-13-9-14(2)11-16(10-13)12-18(19-4)17-8-6-5-7-15(17)3/h5-11,18-19H,12H2,1-4H3. The number of aryl methyl sites for hydroxylation is 3. The van der Waals surface area contributed by atoms with Crippen LogP contribution in [0.25, 0.3) is 0 Å². The first-order valence-corrected chi connectivity index (χ1v) is 6.90. The maximum Gasteiger partial charge on any atom is 0.0361 e. The fourth-order valence-electron chi connectivity index (χ4n) is 2.77. The average Bonchev–Trinajstić information content (AvgIpc) is 2.36. The number of nitrogens with one attached hydrogen (secondary N) is 1. The lowest BCUT2D eigenvalue weighted by Gasteiger charge is -2.19. The van der Waals surface area contributed by atoms with Gasteiger partial charge >= 0.3 is 0 Å². The second-order valence-corrected chi connectivity index (χ2v) is 5.40. The molecule has 19 heavy (non-hydrogen) atoms. The minimum absolute atomic E-state index is 0.377. The molecule has 1 atom stereocenters. The van der Waals surface area contributed by atoms with Crippen LogP contribution in [0.4, 0.5) is 0 Å². The number of benzene rings is 2. The summed E-state index contributed by atoms with van der Waals surface area (Å²) in [6, 6.07) is 15.8. The van der Waals surface area contributed by atoms with Crippen molar-refractivity contribution in [3.63, 3.8) is 0 Å². The summed E-state index contributed by atoms with van der Waals surface area (Å²) in [6.45, 7) is 6.51. The predicted molar refractivity (Wildman–Crippen MR) is 82.6 cm³/mol. The zero-order valence-corrected chi connectivity index (χ0v) is 12.3. The molecule has 2 aromatic rings. The Hall–Kier alpha value is -1.60. The van der Waals surface area contributed by atoms with Gasteiger partial charge in [-0.3, -0.25) is 0 Å². The lowest BCUT2D eigenvalue weighted by molar-refractivity contribution is 0.588.